The van der Waals surface area contributed by atoms with Gasteiger partial charge in [0.05, 0.1) is 60.2 Å². The fraction of sp³-hybridized carbons (Fsp3) is 0.257. The van der Waals surface area contributed by atoms with Crippen molar-refractivity contribution < 1.29 is 88.5 Å². The van der Waals surface area contributed by atoms with E-state index in [1.165, 1.54) is 57.2 Å². The van der Waals surface area contributed by atoms with Crippen LogP contribution in [0.25, 0.3) is 10.9 Å². The van der Waals surface area contributed by atoms with E-state index in [9.17, 15) is 28.8 Å². The minimum atomic E-state index is -0.738. The second-order valence-electron chi connectivity index (χ2n) is 10.5. The van der Waals surface area contributed by atoms with Crippen LogP contribution in [0.1, 0.15) is 57.4 Å². The maximum absolute atomic E-state index is 11.5. The number of nitrogens with one attached hydrogen (secondary N) is 3. The predicted octanol–water partition coefficient (Wildman–Crippen LogP) is 1.54. The van der Waals surface area contributed by atoms with Gasteiger partial charge in [-0.3, -0.25) is 32.2 Å². The Morgan fingerprint density at radius 1 is 0.788 bits per heavy atom. The fourth-order valence-electron chi connectivity index (χ4n) is 4.03. The Bertz CT molecular complexity index is 2350. The van der Waals surface area contributed by atoms with E-state index in [0.29, 0.717) is 35.1 Å². The van der Waals surface area contributed by atoms with Gasteiger partial charge < -0.3 is 45.7 Å². The van der Waals surface area contributed by atoms with Gasteiger partial charge in [0, 0.05) is 61.7 Å². The van der Waals surface area contributed by atoms with Crippen LogP contribution in [0.3, 0.4) is 0 Å². The van der Waals surface area contributed by atoms with Gasteiger partial charge >= 0.3 is 53.0 Å². The third-order valence-electron chi connectivity index (χ3n) is 6.55. The number of hydrogen-bond acceptors (Lipinski definition) is 20. The number of nitrogens with zero attached hydrogens (tertiary/aromatic N) is 5. The van der Waals surface area contributed by atoms with Crippen molar-refractivity contribution in [3.05, 3.63) is 107 Å². The van der Waals surface area contributed by atoms with Gasteiger partial charge in [-0.15, -0.1) is 0 Å². The maximum atomic E-state index is 11.5. The van der Waals surface area contributed by atoms with Crippen LogP contribution in [0.4, 0.5) is 15.3 Å². The number of fused-ring (bicyclic) bond motifs is 2. The number of aliphatic hydroxyl groups excluding tert-OH is 1. The first-order valence-corrected chi connectivity index (χ1v) is 19.4. The molecule has 5 aromatic heterocycles. The Kier molecular flexibility index (Phi) is 38.8. The first-order valence-electron chi connectivity index (χ1n) is 17.1. The SMILES string of the molecule is CCO.CCOC(=O)Cl.CCOC(=O)n1[nH]c(=O)c2cnc(Cl)cc21.COC(=O)c1cnc(Cl)cc1Cl.COC(=O)c1cnc(Cl)cc1NN.NN.O.O=C1NCc2cc(Cl)ncc21.[Na+].[OH-]. The summed E-state index contributed by atoms with van der Waals surface area (Å²) in [7, 11) is 2.55. The molecule has 6 rings (SSSR count). The van der Waals surface area contributed by atoms with Crippen LogP contribution < -0.4 is 63.4 Å². The van der Waals surface area contributed by atoms with Crippen molar-refractivity contribution in [3.63, 3.8) is 0 Å². The average Bonchev–Trinajstić information content (AvgIpc) is 3.79. The molecule has 0 fully saturated rings. The number of anilines is 1. The molecule has 0 saturated heterocycles. The molecule has 1 aliphatic rings. The van der Waals surface area contributed by atoms with Crippen LogP contribution in [0.15, 0.2) is 53.8 Å². The maximum Gasteiger partial charge on any atom is 1.00 e. The van der Waals surface area contributed by atoms with E-state index < -0.39 is 29.0 Å². The Hall–Kier alpha value is -4.48. The van der Waals surface area contributed by atoms with Crippen LogP contribution in [0.2, 0.25) is 25.6 Å². The summed E-state index contributed by atoms with van der Waals surface area (Å²) in [5, 5.41) is 14.2. The van der Waals surface area contributed by atoms with Crippen LogP contribution >= 0.6 is 69.6 Å². The number of hydrogen-bond donors (Lipinski definition) is 7. The molecule has 1 amide bonds. The van der Waals surface area contributed by atoms with Crippen molar-refractivity contribution in [3.8, 4) is 0 Å². The smallest absolute Gasteiger partial charge is 0.870 e. The van der Waals surface area contributed by atoms with Crippen molar-refractivity contribution in [2.45, 2.75) is 27.3 Å². The molecule has 13 N–H and O–H groups in total. The summed E-state index contributed by atoms with van der Waals surface area (Å²) in [6.07, 6.45) is 4.73. The van der Waals surface area contributed by atoms with Crippen molar-refractivity contribution in [1.82, 2.24) is 35.0 Å². The van der Waals surface area contributed by atoms with Gasteiger partial charge in [0.2, 0.25) is 0 Å². The number of aliphatic hydroxyl groups is 1. The molecule has 0 aliphatic carbocycles. The number of aromatic amines is 1. The number of carbonyl (C=O) groups excluding carboxylic acids is 5. The predicted molar refractivity (Wildman–Crippen MR) is 242 cm³/mol. The molecule has 0 unspecified atom stereocenters. The molecule has 0 atom stereocenters. The molecule has 1 aliphatic heterocycles. The minimum absolute atomic E-state index is 0. The first kappa shape index (κ1) is 68.1. The summed E-state index contributed by atoms with van der Waals surface area (Å²) in [6.45, 7) is 6.44. The van der Waals surface area contributed by atoms with Crippen molar-refractivity contribution in [2.24, 2.45) is 17.5 Å². The molecule has 31 heteroatoms. The van der Waals surface area contributed by atoms with Gasteiger partial charge in [0.15, 0.2) is 0 Å². The van der Waals surface area contributed by atoms with E-state index in [1.54, 1.807) is 26.8 Å². The number of aromatic nitrogens is 6. The fourth-order valence-corrected chi connectivity index (χ4v) is 5.07. The molecular weight excluding hydrogens is 1020 g/mol. The van der Waals surface area contributed by atoms with Gasteiger partial charge in [-0.25, -0.2) is 39.1 Å². The van der Waals surface area contributed by atoms with Crippen LogP contribution in [-0.2, 0) is 25.5 Å². The van der Waals surface area contributed by atoms with E-state index in [-0.39, 0.29) is 96.6 Å². The molecule has 6 heterocycles. The number of ether oxygens (including phenoxy) is 4. The van der Waals surface area contributed by atoms with E-state index >= 15 is 0 Å². The number of H-pyrrole nitrogens is 1. The van der Waals surface area contributed by atoms with Gasteiger partial charge in [-0.2, -0.15) is 4.68 Å². The molecule has 0 radical (unpaired) electrons. The minimum Gasteiger partial charge on any atom is -0.870 e. The second-order valence-corrected chi connectivity index (χ2v) is 12.8. The van der Waals surface area contributed by atoms with Gasteiger partial charge in [-0.05, 0) is 38.5 Å². The monoisotopic (exact) mass is 1060 g/mol. The summed E-state index contributed by atoms with van der Waals surface area (Å²) in [6, 6.07) is 5.95. The van der Waals surface area contributed by atoms with Crippen molar-refractivity contribution >= 4 is 116 Å². The number of pyridine rings is 4. The van der Waals surface area contributed by atoms with E-state index in [0.717, 1.165) is 10.2 Å². The van der Waals surface area contributed by atoms with Gasteiger partial charge in [0.1, 0.15) is 26.2 Å². The number of hydrazine groups is 2. The standard InChI is InChI=1S/C9H8ClN3O3.C7H5Cl2NO2.C7H8ClN3O2.C7H5ClN2O.C3H5ClO2.C2H6O.H4N2.Na.2H2O/c1-2-16-9(15)13-6-3-7(10)11-4-5(6)8(14)12-13;1-12-7(11)4-3-10-6(9)2-5(4)8;1-13-7(12)4-3-10-6(8)2-5(4)11-9;8-6-1-4-2-10-7(11)5(4)3-9-6;1-2-6-3(4)5;1-2-3;1-2;;;/h3-4H,2H2,1H3,(H,12,14);2-3H,1H3;2-3H,9H2,1H3,(H,10,11);1,3H,2H2,(H,10,11);2H2,1H3;3H,2H2,1H3;1-2H2;;2*1H2/q;;;;;;;+1;;/p-1. The van der Waals surface area contributed by atoms with Crippen LogP contribution in [0.5, 0.6) is 0 Å². The topological polar surface area (TPSA) is 395 Å². The summed E-state index contributed by atoms with van der Waals surface area (Å²) >= 11 is 32.8. The molecule has 0 saturated carbocycles. The summed E-state index contributed by atoms with van der Waals surface area (Å²) in [5.74, 6) is 12.1. The Morgan fingerprint density at radius 2 is 1.26 bits per heavy atom. The molecule has 360 valence electrons. The summed E-state index contributed by atoms with van der Waals surface area (Å²) in [5.41, 5.74) is 3.93. The number of nitrogens with two attached hydrogens (primary N) is 3. The normalized spacial score (nSPS) is 9.65. The molecule has 0 aromatic carbocycles. The number of nitrogen functional groups attached to an aromatic ring is 1. The zero-order valence-electron chi connectivity index (χ0n) is 35.7. The third kappa shape index (κ3) is 23.8. The second kappa shape index (κ2) is 37.6. The molecule has 24 nitrogen and oxygen atoms in total. The number of rotatable bonds is 5. The van der Waals surface area contributed by atoms with E-state index in [4.69, 9.17) is 85.3 Å². The number of carbonyl (C=O) groups is 5. The third-order valence-corrected chi connectivity index (χ3v) is 7.80. The quantitative estimate of drug-likeness (QED) is 0.0250. The van der Waals surface area contributed by atoms with E-state index in [2.05, 4.69) is 61.7 Å². The Labute approximate surface area is 427 Å². The van der Waals surface area contributed by atoms with Crippen LogP contribution in [0, 0.1) is 0 Å². The van der Waals surface area contributed by atoms with Crippen molar-refractivity contribution in [1.29, 1.82) is 0 Å². The number of esters is 2. The molecular formula is C35H44Cl6N11NaO13. The summed E-state index contributed by atoms with van der Waals surface area (Å²) < 4.78 is 18.9. The van der Waals surface area contributed by atoms with Crippen LogP contribution in [-0.4, -0.2) is 109 Å². The number of halogens is 6. The Morgan fingerprint density at radius 3 is 1.74 bits per heavy atom. The molecule has 0 spiro atoms. The Balaban J connectivity index is -0.000000358. The van der Waals surface area contributed by atoms with Gasteiger partial charge in [-0.1, -0.05) is 58.0 Å². The largest absolute Gasteiger partial charge is 1.00 e. The number of amides is 1. The molecule has 66 heavy (non-hydrogen) atoms. The van der Waals surface area contributed by atoms with Gasteiger partial charge in [0.25, 0.3) is 11.5 Å². The molecule has 0 bridgehead atoms. The zero-order valence-corrected chi connectivity index (χ0v) is 42.2. The summed E-state index contributed by atoms with van der Waals surface area (Å²) in [4.78, 5) is 80.6. The molecule has 5 aromatic rings. The zero-order chi connectivity index (χ0) is 48.2. The van der Waals surface area contributed by atoms with Crippen molar-refractivity contribution in [2.75, 3.05) is 39.5 Å². The first-order chi connectivity index (χ1) is 29.9. The van der Waals surface area contributed by atoms with E-state index in [1.807, 2.05) is 0 Å². The average molecular weight is 1060 g/mol. The number of methoxy groups -OCH3 is 2.